The third-order valence-corrected chi connectivity index (χ3v) is 6.34. The number of aliphatic imine (C=N–C) groups is 1. The standard InChI is InChI=1S/C20H35N5S.HI/c1-2-21-20(22-10-8-13-24-11-3-4-12-24)23-17-18(19-9-7-16-26-19)25-14-5-6-15-25;/h7,9,16,18H,2-6,8,10-15,17H2,1H3,(H2,21,22,23);1H. The lowest BCUT2D eigenvalue weighted by Crippen LogP contribution is -2.39. The zero-order chi connectivity index (χ0) is 18.0. The molecule has 1 unspecified atom stereocenters. The molecular formula is C20H36IN5S. The Morgan fingerprint density at radius 2 is 1.89 bits per heavy atom. The highest BCUT2D eigenvalue weighted by atomic mass is 127. The second kappa shape index (κ2) is 13.0. The Bertz CT molecular complexity index is 524. The second-order valence-corrected chi connectivity index (χ2v) is 8.30. The number of nitrogens with one attached hydrogen (secondary N) is 2. The fourth-order valence-corrected chi connectivity index (χ4v) is 4.81. The summed E-state index contributed by atoms with van der Waals surface area (Å²) in [6.07, 6.45) is 6.57. The summed E-state index contributed by atoms with van der Waals surface area (Å²) in [6.45, 7) is 11.1. The summed E-state index contributed by atoms with van der Waals surface area (Å²) in [6, 6.07) is 4.85. The van der Waals surface area contributed by atoms with Gasteiger partial charge in [-0.05, 0) is 83.2 Å². The third kappa shape index (κ3) is 7.51. The van der Waals surface area contributed by atoms with Crippen LogP contribution in [0.2, 0.25) is 0 Å². The van der Waals surface area contributed by atoms with Crippen molar-refractivity contribution < 1.29 is 0 Å². The second-order valence-electron chi connectivity index (χ2n) is 7.32. The summed E-state index contributed by atoms with van der Waals surface area (Å²) < 4.78 is 0. The molecule has 1 aromatic rings. The minimum atomic E-state index is 0. The number of nitrogens with zero attached hydrogens (tertiary/aromatic N) is 3. The van der Waals surface area contributed by atoms with Crippen molar-refractivity contribution in [1.29, 1.82) is 0 Å². The van der Waals surface area contributed by atoms with Crippen LogP contribution in [0.1, 0.15) is 49.9 Å². The van der Waals surface area contributed by atoms with Gasteiger partial charge in [0.1, 0.15) is 0 Å². The van der Waals surface area contributed by atoms with Gasteiger partial charge in [-0.3, -0.25) is 9.89 Å². The number of hydrogen-bond donors (Lipinski definition) is 2. The molecule has 7 heteroatoms. The first-order valence-corrected chi connectivity index (χ1v) is 11.3. The SMILES string of the molecule is CCNC(=NCC(c1cccs1)N1CCCC1)NCCCN1CCCC1.I. The molecule has 2 aliphatic rings. The van der Waals surface area contributed by atoms with E-state index in [9.17, 15) is 0 Å². The molecule has 3 heterocycles. The number of guanidine groups is 1. The first-order chi connectivity index (χ1) is 12.9. The highest BCUT2D eigenvalue weighted by molar-refractivity contribution is 14.0. The van der Waals surface area contributed by atoms with Crippen LogP contribution in [0.25, 0.3) is 0 Å². The van der Waals surface area contributed by atoms with Gasteiger partial charge in [0.05, 0.1) is 12.6 Å². The van der Waals surface area contributed by atoms with Crippen LogP contribution in [-0.4, -0.2) is 68.1 Å². The summed E-state index contributed by atoms with van der Waals surface area (Å²) in [7, 11) is 0. The van der Waals surface area contributed by atoms with Crippen LogP contribution < -0.4 is 10.6 Å². The Labute approximate surface area is 186 Å². The van der Waals surface area contributed by atoms with E-state index in [4.69, 9.17) is 4.99 Å². The Balaban J connectivity index is 0.00000261. The van der Waals surface area contributed by atoms with E-state index in [0.29, 0.717) is 6.04 Å². The molecule has 154 valence electrons. The highest BCUT2D eigenvalue weighted by Gasteiger charge is 2.24. The first-order valence-electron chi connectivity index (χ1n) is 10.4. The van der Waals surface area contributed by atoms with Gasteiger partial charge in [0, 0.05) is 18.0 Å². The normalized spacial score (nSPS) is 19.8. The molecule has 0 aromatic carbocycles. The Morgan fingerprint density at radius 1 is 1.15 bits per heavy atom. The van der Waals surface area contributed by atoms with E-state index in [-0.39, 0.29) is 24.0 Å². The van der Waals surface area contributed by atoms with Crippen LogP contribution in [0.4, 0.5) is 0 Å². The monoisotopic (exact) mass is 505 g/mol. The van der Waals surface area contributed by atoms with Gasteiger partial charge in [0.25, 0.3) is 0 Å². The molecule has 0 bridgehead atoms. The van der Waals surface area contributed by atoms with Crippen LogP contribution in [-0.2, 0) is 0 Å². The number of likely N-dealkylation sites (tertiary alicyclic amines) is 2. The fraction of sp³-hybridized carbons (Fsp3) is 0.750. The molecule has 2 N–H and O–H groups in total. The van der Waals surface area contributed by atoms with E-state index in [2.05, 4.69) is 44.9 Å². The summed E-state index contributed by atoms with van der Waals surface area (Å²) in [5, 5.41) is 9.13. The van der Waals surface area contributed by atoms with Crippen LogP contribution >= 0.6 is 35.3 Å². The molecule has 0 aliphatic carbocycles. The summed E-state index contributed by atoms with van der Waals surface area (Å²) in [4.78, 5) is 11.6. The third-order valence-electron chi connectivity index (χ3n) is 5.36. The van der Waals surface area contributed by atoms with Gasteiger partial charge in [0.15, 0.2) is 5.96 Å². The molecule has 2 aliphatic heterocycles. The average Bonchev–Trinajstić information content (AvgIpc) is 3.42. The molecule has 0 amide bonds. The predicted octanol–water partition coefficient (Wildman–Crippen LogP) is 3.54. The van der Waals surface area contributed by atoms with E-state index in [1.54, 1.807) is 0 Å². The molecule has 2 saturated heterocycles. The highest BCUT2D eigenvalue weighted by Crippen LogP contribution is 2.28. The molecule has 27 heavy (non-hydrogen) atoms. The Kier molecular flexibility index (Phi) is 11.0. The van der Waals surface area contributed by atoms with E-state index in [1.165, 1.54) is 69.7 Å². The maximum atomic E-state index is 4.93. The van der Waals surface area contributed by atoms with Crippen molar-refractivity contribution in [2.45, 2.75) is 45.1 Å². The van der Waals surface area contributed by atoms with Gasteiger partial charge in [0.2, 0.25) is 0 Å². The fourth-order valence-electron chi connectivity index (χ4n) is 3.95. The molecule has 2 fully saturated rings. The number of halogens is 1. The largest absolute Gasteiger partial charge is 0.357 e. The minimum Gasteiger partial charge on any atom is -0.357 e. The number of hydrogen-bond acceptors (Lipinski definition) is 4. The van der Waals surface area contributed by atoms with Crippen molar-refractivity contribution in [2.24, 2.45) is 4.99 Å². The van der Waals surface area contributed by atoms with Gasteiger partial charge < -0.3 is 15.5 Å². The van der Waals surface area contributed by atoms with Gasteiger partial charge in [-0.1, -0.05) is 6.07 Å². The Morgan fingerprint density at radius 3 is 2.56 bits per heavy atom. The molecule has 0 saturated carbocycles. The van der Waals surface area contributed by atoms with Crippen LogP contribution in [0.5, 0.6) is 0 Å². The lowest BCUT2D eigenvalue weighted by atomic mass is 10.2. The van der Waals surface area contributed by atoms with Crippen molar-refractivity contribution in [3.05, 3.63) is 22.4 Å². The quantitative estimate of drug-likeness (QED) is 0.233. The summed E-state index contributed by atoms with van der Waals surface area (Å²) in [5.41, 5.74) is 0. The zero-order valence-electron chi connectivity index (χ0n) is 16.7. The van der Waals surface area contributed by atoms with Gasteiger partial charge >= 0.3 is 0 Å². The molecule has 1 atom stereocenters. The van der Waals surface area contributed by atoms with Crippen LogP contribution in [0.3, 0.4) is 0 Å². The minimum absolute atomic E-state index is 0. The lowest BCUT2D eigenvalue weighted by molar-refractivity contribution is 0.255. The zero-order valence-corrected chi connectivity index (χ0v) is 19.8. The number of rotatable bonds is 9. The molecule has 5 nitrogen and oxygen atoms in total. The number of thiophene rings is 1. The maximum absolute atomic E-state index is 4.93. The topological polar surface area (TPSA) is 42.9 Å². The first kappa shape index (κ1) is 22.9. The average molecular weight is 506 g/mol. The molecule has 3 rings (SSSR count). The van der Waals surface area contributed by atoms with Gasteiger partial charge in [-0.15, -0.1) is 35.3 Å². The van der Waals surface area contributed by atoms with Gasteiger partial charge in [-0.25, -0.2) is 0 Å². The Hall–Kier alpha value is -0.380. The van der Waals surface area contributed by atoms with E-state index >= 15 is 0 Å². The molecule has 0 spiro atoms. The molecule has 1 aromatic heterocycles. The van der Waals surface area contributed by atoms with E-state index < -0.39 is 0 Å². The summed E-state index contributed by atoms with van der Waals surface area (Å²) >= 11 is 1.86. The van der Waals surface area contributed by atoms with Crippen molar-refractivity contribution >= 4 is 41.3 Å². The van der Waals surface area contributed by atoms with E-state index in [0.717, 1.165) is 25.6 Å². The van der Waals surface area contributed by atoms with Crippen molar-refractivity contribution in [2.75, 3.05) is 52.4 Å². The molecule has 0 radical (unpaired) electrons. The molecular weight excluding hydrogens is 469 g/mol. The van der Waals surface area contributed by atoms with Crippen molar-refractivity contribution in [1.82, 2.24) is 20.4 Å². The lowest BCUT2D eigenvalue weighted by Gasteiger charge is -2.25. The van der Waals surface area contributed by atoms with E-state index in [1.807, 2.05) is 11.3 Å². The summed E-state index contributed by atoms with van der Waals surface area (Å²) in [5.74, 6) is 0.967. The van der Waals surface area contributed by atoms with Crippen LogP contribution in [0.15, 0.2) is 22.5 Å². The van der Waals surface area contributed by atoms with Crippen molar-refractivity contribution in [3.63, 3.8) is 0 Å². The van der Waals surface area contributed by atoms with Crippen molar-refractivity contribution in [3.8, 4) is 0 Å². The van der Waals surface area contributed by atoms with Crippen LogP contribution in [0, 0.1) is 0 Å². The smallest absolute Gasteiger partial charge is 0.191 e. The van der Waals surface area contributed by atoms with Gasteiger partial charge in [-0.2, -0.15) is 0 Å². The maximum Gasteiger partial charge on any atom is 0.191 e. The predicted molar refractivity (Wildman–Crippen MR) is 128 cm³/mol.